The summed E-state index contributed by atoms with van der Waals surface area (Å²) in [4.78, 5) is 32.2. The lowest BCUT2D eigenvalue weighted by Gasteiger charge is -2.32. The molecule has 1 aromatic heterocycles. The van der Waals surface area contributed by atoms with Gasteiger partial charge in [-0.05, 0) is 36.0 Å². The van der Waals surface area contributed by atoms with Crippen LogP contribution in [0.5, 0.6) is 0 Å². The highest BCUT2D eigenvalue weighted by Gasteiger charge is 2.34. The number of hydroxylamine groups is 2. The standard InChI is InChI=1S/C22H31ClN4O3/c1-22(2,3)19(20-24-17-9-8-16(23)11-18(17)25-20)26-21(29)15(12-27(30)13-28)10-14-6-4-5-7-14/h8-9,11,13-15,19,30H,4-7,10,12H2,1-3H3,(H,24,25)(H,26,29)/t15-,19-/m1/s1. The van der Waals surface area contributed by atoms with E-state index < -0.39 is 5.92 Å². The SMILES string of the molecule is CC(C)(C)[C@H](NC(=O)[C@H](CC1CCCC1)CN(O)C=O)c1nc2ccc(Cl)cc2[nH]1. The van der Waals surface area contributed by atoms with Gasteiger partial charge in [-0.2, -0.15) is 0 Å². The number of amides is 2. The summed E-state index contributed by atoms with van der Waals surface area (Å²) < 4.78 is 0. The van der Waals surface area contributed by atoms with Crippen LogP contribution in [0.15, 0.2) is 18.2 Å². The summed E-state index contributed by atoms with van der Waals surface area (Å²) in [5.41, 5.74) is 1.28. The van der Waals surface area contributed by atoms with Crippen molar-refractivity contribution in [1.29, 1.82) is 0 Å². The molecule has 2 atom stereocenters. The molecule has 0 aliphatic heterocycles. The fraction of sp³-hybridized carbons (Fsp3) is 0.591. The summed E-state index contributed by atoms with van der Waals surface area (Å²) in [6, 6.07) is 5.07. The van der Waals surface area contributed by atoms with Crippen molar-refractivity contribution in [1.82, 2.24) is 20.3 Å². The zero-order valence-corrected chi connectivity index (χ0v) is 18.6. The Morgan fingerprint density at radius 2 is 2.10 bits per heavy atom. The predicted molar refractivity (Wildman–Crippen MR) is 116 cm³/mol. The Labute approximate surface area is 182 Å². The number of fused-ring (bicyclic) bond motifs is 1. The first-order valence-electron chi connectivity index (χ1n) is 10.5. The number of carbonyl (C=O) groups excluding carboxylic acids is 2. The number of nitrogens with one attached hydrogen (secondary N) is 2. The Bertz CT molecular complexity index is 886. The van der Waals surface area contributed by atoms with Gasteiger partial charge in [0.15, 0.2) is 0 Å². The van der Waals surface area contributed by atoms with Gasteiger partial charge < -0.3 is 10.3 Å². The van der Waals surface area contributed by atoms with E-state index >= 15 is 0 Å². The molecule has 164 valence electrons. The van der Waals surface area contributed by atoms with Crippen molar-refractivity contribution in [2.24, 2.45) is 17.3 Å². The highest BCUT2D eigenvalue weighted by Crippen LogP contribution is 2.34. The van der Waals surface area contributed by atoms with Crippen molar-refractivity contribution in [2.75, 3.05) is 6.54 Å². The molecular weight excluding hydrogens is 404 g/mol. The Hall–Kier alpha value is -2.12. The van der Waals surface area contributed by atoms with Gasteiger partial charge in [0.2, 0.25) is 12.3 Å². The molecule has 1 saturated carbocycles. The molecule has 7 nitrogen and oxygen atoms in total. The third kappa shape index (κ3) is 5.52. The number of rotatable bonds is 8. The number of aromatic amines is 1. The van der Waals surface area contributed by atoms with Crippen LogP contribution < -0.4 is 5.32 Å². The van der Waals surface area contributed by atoms with E-state index in [0.29, 0.717) is 34.7 Å². The van der Waals surface area contributed by atoms with Crippen molar-refractivity contribution >= 4 is 35.0 Å². The molecule has 2 amide bonds. The number of benzene rings is 1. The number of nitrogens with zero attached hydrogens (tertiary/aromatic N) is 2. The fourth-order valence-electron chi connectivity index (χ4n) is 4.28. The molecule has 2 aromatic rings. The Morgan fingerprint density at radius 1 is 1.40 bits per heavy atom. The highest BCUT2D eigenvalue weighted by molar-refractivity contribution is 6.31. The molecule has 0 radical (unpaired) electrons. The minimum atomic E-state index is -0.480. The van der Waals surface area contributed by atoms with Gasteiger partial charge in [0.05, 0.1) is 29.5 Å². The van der Waals surface area contributed by atoms with E-state index in [1.165, 1.54) is 12.8 Å². The van der Waals surface area contributed by atoms with Gasteiger partial charge in [-0.25, -0.2) is 10.0 Å². The lowest BCUT2D eigenvalue weighted by molar-refractivity contribution is -0.155. The van der Waals surface area contributed by atoms with Crippen LogP contribution in [0.25, 0.3) is 11.0 Å². The summed E-state index contributed by atoms with van der Waals surface area (Å²) in [5, 5.41) is 14.0. The number of hydrogen-bond acceptors (Lipinski definition) is 4. The van der Waals surface area contributed by atoms with Crippen molar-refractivity contribution in [3.8, 4) is 0 Å². The summed E-state index contributed by atoms with van der Waals surface area (Å²) in [6.07, 6.45) is 5.51. The molecule has 3 rings (SSSR count). The third-order valence-electron chi connectivity index (χ3n) is 5.88. The molecule has 1 aromatic carbocycles. The van der Waals surface area contributed by atoms with E-state index in [4.69, 9.17) is 11.6 Å². The second-order valence-corrected chi connectivity index (χ2v) is 9.84. The van der Waals surface area contributed by atoms with E-state index in [2.05, 4.69) is 15.3 Å². The lowest BCUT2D eigenvalue weighted by atomic mass is 9.85. The minimum absolute atomic E-state index is 0.0154. The lowest BCUT2D eigenvalue weighted by Crippen LogP contribution is -2.43. The number of imidazole rings is 1. The normalized spacial score (nSPS) is 17.1. The van der Waals surface area contributed by atoms with Crippen LogP contribution in [-0.2, 0) is 9.59 Å². The molecular formula is C22H31ClN4O3. The van der Waals surface area contributed by atoms with Crippen LogP contribution in [0.1, 0.15) is 64.7 Å². The predicted octanol–water partition coefficient (Wildman–Crippen LogP) is 4.46. The first kappa shape index (κ1) is 22.6. The topological polar surface area (TPSA) is 98.3 Å². The number of H-pyrrole nitrogens is 1. The average Bonchev–Trinajstić information content (AvgIpc) is 3.33. The van der Waals surface area contributed by atoms with Gasteiger partial charge in [0.1, 0.15) is 5.82 Å². The molecule has 1 aliphatic rings. The van der Waals surface area contributed by atoms with E-state index in [-0.39, 0.29) is 23.9 Å². The number of carbonyl (C=O) groups is 2. The molecule has 1 aliphatic carbocycles. The summed E-state index contributed by atoms with van der Waals surface area (Å²) in [6.45, 7) is 6.09. The second-order valence-electron chi connectivity index (χ2n) is 9.40. The van der Waals surface area contributed by atoms with Gasteiger partial charge in [-0.1, -0.05) is 58.1 Å². The van der Waals surface area contributed by atoms with Gasteiger partial charge in [-0.3, -0.25) is 14.8 Å². The van der Waals surface area contributed by atoms with Crippen molar-refractivity contribution in [3.63, 3.8) is 0 Å². The molecule has 1 heterocycles. The maximum absolute atomic E-state index is 13.3. The Balaban J connectivity index is 1.83. The van der Waals surface area contributed by atoms with Gasteiger partial charge in [0.25, 0.3) is 0 Å². The van der Waals surface area contributed by atoms with Gasteiger partial charge >= 0.3 is 0 Å². The van der Waals surface area contributed by atoms with Gasteiger partial charge in [0, 0.05) is 5.02 Å². The molecule has 0 spiro atoms. The van der Waals surface area contributed by atoms with E-state index in [1.54, 1.807) is 6.07 Å². The fourth-order valence-corrected chi connectivity index (χ4v) is 4.45. The highest BCUT2D eigenvalue weighted by atomic mass is 35.5. The van der Waals surface area contributed by atoms with Crippen LogP contribution in [0.4, 0.5) is 0 Å². The summed E-state index contributed by atoms with van der Waals surface area (Å²) in [7, 11) is 0. The maximum atomic E-state index is 13.3. The van der Waals surface area contributed by atoms with Crippen LogP contribution in [0.3, 0.4) is 0 Å². The second kappa shape index (κ2) is 9.35. The zero-order valence-electron chi connectivity index (χ0n) is 17.8. The van der Waals surface area contributed by atoms with Crippen molar-refractivity contribution in [3.05, 3.63) is 29.0 Å². The van der Waals surface area contributed by atoms with Crippen LogP contribution in [0, 0.1) is 17.3 Å². The van der Waals surface area contributed by atoms with Crippen LogP contribution in [-0.4, -0.2) is 39.1 Å². The summed E-state index contributed by atoms with van der Waals surface area (Å²) in [5.74, 6) is 0.444. The number of halogens is 1. The van der Waals surface area contributed by atoms with Crippen LogP contribution >= 0.6 is 11.6 Å². The number of aromatic nitrogens is 2. The number of hydrogen-bond donors (Lipinski definition) is 3. The monoisotopic (exact) mass is 434 g/mol. The molecule has 0 saturated heterocycles. The molecule has 8 heteroatoms. The Morgan fingerprint density at radius 3 is 2.73 bits per heavy atom. The molecule has 30 heavy (non-hydrogen) atoms. The largest absolute Gasteiger partial charge is 0.345 e. The first-order valence-corrected chi connectivity index (χ1v) is 10.9. The van der Waals surface area contributed by atoms with Crippen molar-refractivity contribution in [2.45, 2.75) is 58.9 Å². The van der Waals surface area contributed by atoms with Gasteiger partial charge in [-0.15, -0.1) is 0 Å². The molecule has 1 fully saturated rings. The molecule has 3 N–H and O–H groups in total. The van der Waals surface area contributed by atoms with E-state index in [9.17, 15) is 14.8 Å². The van der Waals surface area contributed by atoms with E-state index in [1.807, 2.05) is 32.9 Å². The molecule has 0 bridgehead atoms. The molecule has 0 unspecified atom stereocenters. The van der Waals surface area contributed by atoms with Crippen molar-refractivity contribution < 1.29 is 14.8 Å². The minimum Gasteiger partial charge on any atom is -0.345 e. The third-order valence-corrected chi connectivity index (χ3v) is 6.12. The van der Waals surface area contributed by atoms with Crippen LogP contribution in [0.2, 0.25) is 5.02 Å². The van der Waals surface area contributed by atoms with E-state index in [0.717, 1.165) is 23.9 Å². The maximum Gasteiger partial charge on any atom is 0.233 e. The summed E-state index contributed by atoms with van der Waals surface area (Å²) >= 11 is 6.09. The smallest absolute Gasteiger partial charge is 0.233 e. The average molecular weight is 435 g/mol. The zero-order chi connectivity index (χ0) is 21.9. The Kier molecular flexibility index (Phi) is 7.03. The quantitative estimate of drug-likeness (QED) is 0.324. The first-order chi connectivity index (χ1) is 14.2.